The van der Waals surface area contributed by atoms with Crippen molar-refractivity contribution in [2.75, 3.05) is 6.61 Å². The van der Waals surface area contributed by atoms with Crippen molar-refractivity contribution in [3.8, 4) is 0 Å². The molecule has 0 aliphatic rings. The Bertz CT molecular complexity index is 507. The Kier molecular flexibility index (Phi) is 5.84. The summed E-state index contributed by atoms with van der Waals surface area (Å²) in [5.74, 6) is -1.50. The molecule has 1 aromatic heterocycles. The Morgan fingerprint density at radius 2 is 2.10 bits per heavy atom. The van der Waals surface area contributed by atoms with Crippen molar-refractivity contribution in [3.05, 3.63) is 22.7 Å². The number of carboxylic acids is 1. The van der Waals surface area contributed by atoms with Crippen molar-refractivity contribution in [3.63, 3.8) is 0 Å². The SMILES string of the molecule is CC(C)c1ncc(Cl)c(C(=O)N[C@H](CCO)C(=O)O)n1. The van der Waals surface area contributed by atoms with E-state index in [2.05, 4.69) is 15.3 Å². The maximum Gasteiger partial charge on any atom is 0.326 e. The highest BCUT2D eigenvalue weighted by atomic mass is 35.5. The van der Waals surface area contributed by atoms with Gasteiger partial charge in [-0.3, -0.25) is 4.79 Å². The molecule has 1 atom stereocenters. The normalized spacial score (nSPS) is 12.2. The molecule has 0 aliphatic heterocycles. The number of halogens is 1. The van der Waals surface area contributed by atoms with Gasteiger partial charge in [0.2, 0.25) is 0 Å². The van der Waals surface area contributed by atoms with E-state index in [1.54, 1.807) is 0 Å². The topological polar surface area (TPSA) is 112 Å². The smallest absolute Gasteiger partial charge is 0.326 e. The van der Waals surface area contributed by atoms with Crippen LogP contribution in [0.4, 0.5) is 0 Å². The fourth-order valence-corrected chi connectivity index (χ4v) is 1.61. The number of hydrogen-bond acceptors (Lipinski definition) is 5. The molecule has 1 rings (SSSR count). The minimum atomic E-state index is -1.23. The molecule has 8 heteroatoms. The van der Waals surface area contributed by atoms with Crippen LogP contribution in [-0.4, -0.2) is 44.7 Å². The van der Waals surface area contributed by atoms with Crippen molar-refractivity contribution in [1.82, 2.24) is 15.3 Å². The van der Waals surface area contributed by atoms with Crippen molar-refractivity contribution in [2.24, 2.45) is 0 Å². The maximum absolute atomic E-state index is 12.0. The first-order valence-corrected chi connectivity index (χ1v) is 6.41. The number of hydrogen-bond donors (Lipinski definition) is 3. The lowest BCUT2D eigenvalue weighted by Gasteiger charge is -2.14. The van der Waals surface area contributed by atoms with Gasteiger partial charge in [-0.05, 0) is 0 Å². The molecule has 1 amide bonds. The number of carbonyl (C=O) groups is 2. The van der Waals surface area contributed by atoms with Gasteiger partial charge in [-0.2, -0.15) is 0 Å². The first kappa shape index (κ1) is 16.3. The van der Waals surface area contributed by atoms with E-state index in [1.165, 1.54) is 6.20 Å². The van der Waals surface area contributed by atoms with Gasteiger partial charge in [-0.15, -0.1) is 0 Å². The highest BCUT2D eigenvalue weighted by molar-refractivity contribution is 6.33. The number of carbonyl (C=O) groups excluding carboxylic acids is 1. The third-order valence-electron chi connectivity index (χ3n) is 2.52. The zero-order chi connectivity index (χ0) is 15.3. The summed E-state index contributed by atoms with van der Waals surface area (Å²) in [5, 5.41) is 20.0. The summed E-state index contributed by atoms with van der Waals surface area (Å²) in [6.45, 7) is 3.36. The van der Waals surface area contributed by atoms with Crippen LogP contribution in [-0.2, 0) is 4.79 Å². The largest absolute Gasteiger partial charge is 0.480 e. The summed E-state index contributed by atoms with van der Waals surface area (Å²) in [7, 11) is 0. The van der Waals surface area contributed by atoms with Crippen LogP contribution in [0.2, 0.25) is 5.02 Å². The summed E-state index contributed by atoms with van der Waals surface area (Å²) in [6.07, 6.45) is 1.21. The lowest BCUT2D eigenvalue weighted by molar-refractivity contribution is -0.139. The van der Waals surface area contributed by atoms with E-state index in [4.69, 9.17) is 21.8 Å². The van der Waals surface area contributed by atoms with Crippen LogP contribution >= 0.6 is 11.6 Å². The highest BCUT2D eigenvalue weighted by Crippen LogP contribution is 2.16. The number of aliphatic carboxylic acids is 1. The number of aliphatic hydroxyl groups is 1. The summed E-state index contributed by atoms with van der Waals surface area (Å²) >= 11 is 5.85. The number of amides is 1. The average Bonchev–Trinajstić information content (AvgIpc) is 2.38. The van der Waals surface area contributed by atoms with Gasteiger partial charge in [0.15, 0.2) is 0 Å². The summed E-state index contributed by atoms with van der Waals surface area (Å²) in [6, 6.07) is -1.19. The van der Waals surface area contributed by atoms with E-state index >= 15 is 0 Å². The van der Waals surface area contributed by atoms with Gasteiger partial charge >= 0.3 is 5.97 Å². The molecular weight excluding hydrogens is 286 g/mol. The second-order valence-electron chi connectivity index (χ2n) is 4.46. The third-order valence-corrected chi connectivity index (χ3v) is 2.79. The number of nitrogens with zero attached hydrogens (tertiary/aromatic N) is 2. The lowest BCUT2D eigenvalue weighted by Crippen LogP contribution is -2.41. The van der Waals surface area contributed by atoms with Crippen LogP contribution in [0.1, 0.15) is 42.5 Å². The van der Waals surface area contributed by atoms with Gasteiger partial charge in [0.25, 0.3) is 5.91 Å². The number of aromatic nitrogens is 2. The van der Waals surface area contributed by atoms with Gasteiger partial charge in [0.05, 0.1) is 11.2 Å². The first-order valence-electron chi connectivity index (χ1n) is 6.03. The van der Waals surface area contributed by atoms with Gasteiger partial charge in [0.1, 0.15) is 17.6 Å². The molecule has 0 fully saturated rings. The van der Waals surface area contributed by atoms with Gasteiger partial charge in [-0.25, -0.2) is 14.8 Å². The quantitative estimate of drug-likeness (QED) is 0.717. The van der Waals surface area contributed by atoms with E-state index < -0.39 is 17.9 Å². The predicted octanol–water partition coefficient (Wildman–Crippen LogP) is 0.819. The minimum absolute atomic E-state index is 0.00605. The second-order valence-corrected chi connectivity index (χ2v) is 4.86. The minimum Gasteiger partial charge on any atom is -0.480 e. The molecule has 0 unspecified atom stereocenters. The van der Waals surface area contributed by atoms with Crippen molar-refractivity contribution >= 4 is 23.5 Å². The molecular formula is C12H16ClN3O4. The van der Waals surface area contributed by atoms with Gasteiger partial charge in [0, 0.05) is 18.9 Å². The Hall–Kier alpha value is -1.73. The fraction of sp³-hybridized carbons (Fsp3) is 0.500. The van der Waals surface area contributed by atoms with Crippen LogP contribution in [0, 0.1) is 0 Å². The number of aliphatic hydroxyl groups excluding tert-OH is 1. The Labute approximate surface area is 121 Å². The predicted molar refractivity (Wildman–Crippen MR) is 71.7 cm³/mol. The van der Waals surface area contributed by atoms with Crippen LogP contribution in [0.15, 0.2) is 6.20 Å². The fourth-order valence-electron chi connectivity index (χ4n) is 1.43. The summed E-state index contributed by atoms with van der Waals surface area (Å²) in [5.41, 5.74) is -0.0745. The number of rotatable bonds is 6. The number of nitrogens with one attached hydrogen (secondary N) is 1. The molecule has 0 spiro atoms. The molecule has 3 N–H and O–H groups in total. The molecule has 0 radical (unpaired) electrons. The first-order chi connectivity index (χ1) is 9.36. The van der Waals surface area contributed by atoms with Crippen molar-refractivity contribution < 1.29 is 19.8 Å². The molecule has 110 valence electrons. The molecule has 7 nitrogen and oxygen atoms in total. The monoisotopic (exact) mass is 301 g/mol. The Morgan fingerprint density at radius 3 is 2.60 bits per heavy atom. The van der Waals surface area contributed by atoms with E-state index in [0.717, 1.165) is 0 Å². The van der Waals surface area contributed by atoms with Gasteiger partial charge < -0.3 is 15.5 Å². The van der Waals surface area contributed by atoms with Gasteiger partial charge in [-0.1, -0.05) is 25.4 Å². The molecule has 1 heterocycles. The van der Waals surface area contributed by atoms with Crippen molar-refractivity contribution in [1.29, 1.82) is 0 Å². The zero-order valence-electron chi connectivity index (χ0n) is 11.1. The summed E-state index contributed by atoms with van der Waals surface area (Å²) < 4.78 is 0. The molecule has 0 saturated heterocycles. The van der Waals surface area contributed by atoms with Crippen molar-refractivity contribution in [2.45, 2.75) is 32.2 Å². The standard InChI is InChI=1S/C12H16ClN3O4/c1-6(2)10-14-5-7(13)9(16-10)11(18)15-8(3-4-17)12(19)20/h5-6,8,17H,3-4H2,1-2H3,(H,15,18)(H,19,20)/t8-/m1/s1. The van der Waals surface area contributed by atoms with Crippen LogP contribution < -0.4 is 5.32 Å². The maximum atomic E-state index is 12.0. The van der Waals surface area contributed by atoms with Crippen LogP contribution in [0.3, 0.4) is 0 Å². The van der Waals surface area contributed by atoms with E-state index in [1.807, 2.05) is 13.8 Å². The molecule has 0 aromatic carbocycles. The van der Waals surface area contributed by atoms with Crippen LogP contribution in [0.25, 0.3) is 0 Å². The van der Waals surface area contributed by atoms with E-state index in [0.29, 0.717) is 5.82 Å². The Balaban J connectivity index is 2.96. The molecule has 0 bridgehead atoms. The van der Waals surface area contributed by atoms with E-state index in [-0.39, 0.29) is 29.7 Å². The third kappa shape index (κ3) is 4.14. The number of carboxylic acid groups (broad SMARTS) is 1. The molecule has 1 aromatic rings. The molecule has 0 saturated carbocycles. The summed E-state index contributed by atoms with van der Waals surface area (Å²) in [4.78, 5) is 30.9. The van der Waals surface area contributed by atoms with Crippen LogP contribution in [0.5, 0.6) is 0 Å². The molecule has 20 heavy (non-hydrogen) atoms. The second kappa shape index (κ2) is 7.16. The van der Waals surface area contributed by atoms with E-state index in [9.17, 15) is 9.59 Å². The highest BCUT2D eigenvalue weighted by Gasteiger charge is 2.23. The average molecular weight is 302 g/mol. The Morgan fingerprint density at radius 1 is 1.45 bits per heavy atom. The lowest BCUT2D eigenvalue weighted by atomic mass is 10.2. The zero-order valence-corrected chi connectivity index (χ0v) is 11.9. The molecule has 0 aliphatic carbocycles.